The van der Waals surface area contributed by atoms with Crippen molar-refractivity contribution >= 4 is 29.1 Å². The van der Waals surface area contributed by atoms with E-state index in [2.05, 4.69) is 10.5 Å². The monoisotopic (exact) mass is 289 g/mol. The van der Waals surface area contributed by atoms with Crippen LogP contribution in [0.15, 0.2) is 40.8 Å². The van der Waals surface area contributed by atoms with Crippen LogP contribution < -0.4 is 5.43 Å². The maximum absolute atomic E-state index is 11.7. The zero-order valence-electron chi connectivity index (χ0n) is 10.6. The number of nitrogens with zero attached hydrogens (tertiary/aromatic N) is 2. The third kappa shape index (κ3) is 3.27. The maximum atomic E-state index is 11.7. The van der Waals surface area contributed by atoms with Crippen molar-refractivity contribution in [1.82, 2.24) is 5.43 Å². The molecule has 2 aromatic rings. The highest BCUT2D eigenvalue weighted by atomic mass is 32.1. The van der Waals surface area contributed by atoms with Crippen molar-refractivity contribution in [2.75, 3.05) is 0 Å². The number of hydrogen-bond acceptors (Lipinski definition) is 5. The Morgan fingerprint density at radius 2 is 2.05 bits per heavy atom. The standard InChI is InChI=1S/C13H11N3O3S/c1-9-6-7-20-12(9)8-14-15-13(17)10-2-4-11(5-3-10)16(18)19/h2-8H,1H3,(H,15,17)/b14-8+. The highest BCUT2D eigenvalue weighted by molar-refractivity contribution is 7.11. The Hall–Kier alpha value is -2.54. The molecule has 0 spiro atoms. The fourth-order valence-corrected chi connectivity index (χ4v) is 2.25. The minimum absolute atomic E-state index is 0.0562. The third-order valence-electron chi connectivity index (χ3n) is 2.59. The van der Waals surface area contributed by atoms with Crippen molar-refractivity contribution in [3.05, 3.63) is 61.8 Å². The van der Waals surface area contributed by atoms with Gasteiger partial charge in [-0.15, -0.1) is 11.3 Å². The lowest BCUT2D eigenvalue weighted by Crippen LogP contribution is -2.17. The van der Waals surface area contributed by atoms with Crippen LogP contribution in [-0.4, -0.2) is 17.0 Å². The second kappa shape index (κ2) is 6.07. The fraction of sp³-hybridized carbons (Fsp3) is 0.0769. The topological polar surface area (TPSA) is 84.6 Å². The van der Waals surface area contributed by atoms with Gasteiger partial charge in [0.2, 0.25) is 0 Å². The molecule has 6 nitrogen and oxygen atoms in total. The predicted molar refractivity (Wildman–Crippen MR) is 77.2 cm³/mol. The molecule has 0 aliphatic rings. The molecule has 2 rings (SSSR count). The van der Waals surface area contributed by atoms with Gasteiger partial charge in [-0.1, -0.05) is 0 Å². The van der Waals surface area contributed by atoms with Crippen LogP contribution in [-0.2, 0) is 0 Å². The average Bonchev–Trinajstić information content (AvgIpc) is 2.84. The van der Waals surface area contributed by atoms with Crippen LogP contribution in [0.25, 0.3) is 0 Å². The van der Waals surface area contributed by atoms with E-state index in [4.69, 9.17) is 0 Å². The van der Waals surface area contributed by atoms with E-state index in [1.807, 2.05) is 18.4 Å². The molecular formula is C13H11N3O3S. The number of amides is 1. The van der Waals surface area contributed by atoms with Crippen LogP contribution in [0, 0.1) is 17.0 Å². The zero-order valence-corrected chi connectivity index (χ0v) is 11.4. The molecule has 1 heterocycles. The first-order valence-corrected chi connectivity index (χ1v) is 6.58. The SMILES string of the molecule is Cc1ccsc1/C=N/NC(=O)c1ccc([N+](=O)[O-])cc1. The number of non-ortho nitro benzene ring substituents is 1. The summed E-state index contributed by atoms with van der Waals surface area (Å²) in [4.78, 5) is 22.7. The molecule has 20 heavy (non-hydrogen) atoms. The van der Waals surface area contributed by atoms with Crippen molar-refractivity contribution in [2.45, 2.75) is 6.92 Å². The van der Waals surface area contributed by atoms with Gasteiger partial charge in [0.25, 0.3) is 11.6 Å². The van der Waals surface area contributed by atoms with Crippen LogP contribution in [0.4, 0.5) is 5.69 Å². The molecule has 102 valence electrons. The van der Waals surface area contributed by atoms with Gasteiger partial charge in [-0.3, -0.25) is 14.9 Å². The molecule has 0 aliphatic carbocycles. The van der Waals surface area contributed by atoms with E-state index < -0.39 is 10.8 Å². The number of rotatable bonds is 4. The fourth-order valence-electron chi connectivity index (χ4n) is 1.47. The second-order valence-electron chi connectivity index (χ2n) is 3.97. The average molecular weight is 289 g/mol. The predicted octanol–water partition coefficient (Wildman–Crippen LogP) is 2.73. The summed E-state index contributed by atoms with van der Waals surface area (Å²) in [5.41, 5.74) is 3.73. The van der Waals surface area contributed by atoms with Gasteiger partial charge in [-0.2, -0.15) is 5.10 Å². The largest absolute Gasteiger partial charge is 0.271 e. The lowest BCUT2D eigenvalue weighted by Gasteiger charge is -1.99. The first-order chi connectivity index (χ1) is 9.58. The molecule has 0 radical (unpaired) electrons. The summed E-state index contributed by atoms with van der Waals surface area (Å²) in [5, 5.41) is 16.3. The molecular weight excluding hydrogens is 278 g/mol. The highest BCUT2D eigenvalue weighted by Gasteiger charge is 2.08. The van der Waals surface area contributed by atoms with E-state index in [1.165, 1.54) is 35.6 Å². The van der Waals surface area contributed by atoms with E-state index in [1.54, 1.807) is 6.21 Å². The Morgan fingerprint density at radius 3 is 2.60 bits per heavy atom. The highest BCUT2D eigenvalue weighted by Crippen LogP contribution is 2.13. The van der Waals surface area contributed by atoms with Gasteiger partial charge in [0.1, 0.15) is 0 Å². The van der Waals surface area contributed by atoms with Crippen molar-refractivity contribution in [3.8, 4) is 0 Å². The molecule has 1 aromatic carbocycles. The molecule has 0 aliphatic heterocycles. The zero-order chi connectivity index (χ0) is 14.5. The van der Waals surface area contributed by atoms with Crippen LogP contribution in [0.1, 0.15) is 20.8 Å². The molecule has 1 aromatic heterocycles. The van der Waals surface area contributed by atoms with Crippen LogP contribution in [0.5, 0.6) is 0 Å². The van der Waals surface area contributed by atoms with E-state index in [0.717, 1.165) is 10.4 Å². The first kappa shape index (κ1) is 13.9. The van der Waals surface area contributed by atoms with Crippen molar-refractivity contribution < 1.29 is 9.72 Å². The Balaban J connectivity index is 2.00. The Morgan fingerprint density at radius 1 is 1.35 bits per heavy atom. The number of nitrogens with one attached hydrogen (secondary N) is 1. The van der Waals surface area contributed by atoms with Gasteiger partial charge in [0.05, 0.1) is 11.1 Å². The lowest BCUT2D eigenvalue weighted by atomic mass is 10.2. The molecule has 1 N–H and O–H groups in total. The molecule has 0 atom stereocenters. The number of nitro groups is 1. The summed E-state index contributed by atoms with van der Waals surface area (Å²) in [6.07, 6.45) is 1.57. The smallest absolute Gasteiger partial charge is 0.267 e. The Labute approximate surface area is 118 Å². The lowest BCUT2D eigenvalue weighted by molar-refractivity contribution is -0.384. The van der Waals surface area contributed by atoms with Gasteiger partial charge in [-0.25, -0.2) is 5.43 Å². The quantitative estimate of drug-likeness (QED) is 0.533. The minimum atomic E-state index is -0.514. The van der Waals surface area contributed by atoms with Gasteiger partial charge >= 0.3 is 0 Å². The number of benzene rings is 1. The minimum Gasteiger partial charge on any atom is -0.267 e. The van der Waals surface area contributed by atoms with Crippen molar-refractivity contribution in [2.24, 2.45) is 5.10 Å². The number of carbonyl (C=O) groups excluding carboxylic acids is 1. The number of aryl methyl sites for hydroxylation is 1. The van der Waals surface area contributed by atoms with E-state index in [-0.39, 0.29) is 5.69 Å². The molecule has 0 saturated carbocycles. The van der Waals surface area contributed by atoms with Crippen LogP contribution in [0.3, 0.4) is 0 Å². The number of carbonyl (C=O) groups is 1. The summed E-state index contributed by atoms with van der Waals surface area (Å²) in [5.74, 6) is -0.412. The molecule has 0 fully saturated rings. The van der Waals surface area contributed by atoms with Gasteiger partial charge in [0, 0.05) is 22.6 Å². The summed E-state index contributed by atoms with van der Waals surface area (Å²) >= 11 is 1.53. The second-order valence-corrected chi connectivity index (χ2v) is 4.92. The Kier molecular flexibility index (Phi) is 4.21. The molecule has 0 bridgehead atoms. The summed E-state index contributed by atoms with van der Waals surface area (Å²) in [6.45, 7) is 1.95. The summed E-state index contributed by atoms with van der Waals surface area (Å²) < 4.78 is 0. The number of thiophene rings is 1. The number of nitro benzene ring substituents is 1. The number of hydrogen-bond donors (Lipinski definition) is 1. The van der Waals surface area contributed by atoms with Crippen LogP contribution >= 0.6 is 11.3 Å². The normalized spacial score (nSPS) is 10.7. The molecule has 7 heteroatoms. The summed E-state index contributed by atoms with van der Waals surface area (Å²) in [7, 11) is 0. The molecule has 0 saturated heterocycles. The first-order valence-electron chi connectivity index (χ1n) is 5.70. The van der Waals surface area contributed by atoms with Crippen molar-refractivity contribution in [1.29, 1.82) is 0 Å². The summed E-state index contributed by atoms with van der Waals surface area (Å²) in [6, 6.07) is 7.30. The van der Waals surface area contributed by atoms with Gasteiger partial charge in [-0.05, 0) is 36.1 Å². The van der Waals surface area contributed by atoms with Crippen molar-refractivity contribution in [3.63, 3.8) is 0 Å². The van der Waals surface area contributed by atoms with E-state index >= 15 is 0 Å². The van der Waals surface area contributed by atoms with E-state index in [0.29, 0.717) is 5.56 Å². The molecule has 1 amide bonds. The Bertz CT molecular complexity index is 662. The molecule has 0 unspecified atom stereocenters. The maximum Gasteiger partial charge on any atom is 0.271 e. The number of hydrazone groups is 1. The third-order valence-corrected chi connectivity index (χ3v) is 3.54. The van der Waals surface area contributed by atoms with Gasteiger partial charge in [0.15, 0.2) is 0 Å². The van der Waals surface area contributed by atoms with Gasteiger partial charge < -0.3 is 0 Å². The van der Waals surface area contributed by atoms with E-state index in [9.17, 15) is 14.9 Å². The van der Waals surface area contributed by atoms with Crippen LogP contribution in [0.2, 0.25) is 0 Å².